The van der Waals surface area contributed by atoms with Crippen LogP contribution in [0.25, 0.3) is 10.8 Å². The van der Waals surface area contributed by atoms with Gasteiger partial charge in [0, 0.05) is 5.02 Å². The highest BCUT2D eigenvalue weighted by Gasteiger charge is 2.33. The summed E-state index contributed by atoms with van der Waals surface area (Å²) in [7, 11) is -1.20. The van der Waals surface area contributed by atoms with Crippen LogP contribution in [0.15, 0.2) is 34.9 Å². The van der Waals surface area contributed by atoms with Gasteiger partial charge in [-0.1, -0.05) is 17.7 Å². The SMILES string of the molecule is O=S(C1CC1)N(Cc1ncc(-c2nnc(C(F)F)o2)s1)c1cccc(Cl)c1. The molecule has 6 nitrogen and oxygen atoms in total. The van der Waals surface area contributed by atoms with Gasteiger partial charge in [-0.05, 0) is 31.0 Å². The monoisotopic (exact) mass is 430 g/mol. The van der Waals surface area contributed by atoms with Crippen molar-refractivity contribution in [2.45, 2.75) is 31.1 Å². The fraction of sp³-hybridized carbons (Fsp3) is 0.312. The van der Waals surface area contributed by atoms with Crippen molar-refractivity contribution in [2.75, 3.05) is 4.31 Å². The highest BCUT2D eigenvalue weighted by atomic mass is 35.5. The van der Waals surface area contributed by atoms with Crippen molar-refractivity contribution >= 4 is 39.6 Å². The normalized spacial score (nSPS) is 15.3. The van der Waals surface area contributed by atoms with Crippen molar-refractivity contribution in [2.24, 2.45) is 0 Å². The summed E-state index contributed by atoms with van der Waals surface area (Å²) in [6.07, 6.45) is 0.507. The molecule has 2 aromatic heterocycles. The van der Waals surface area contributed by atoms with Gasteiger partial charge in [-0.25, -0.2) is 9.19 Å². The maximum atomic E-state index is 12.8. The van der Waals surface area contributed by atoms with E-state index in [1.807, 2.05) is 6.07 Å². The summed E-state index contributed by atoms with van der Waals surface area (Å²) < 4.78 is 44.7. The molecule has 142 valence electrons. The van der Waals surface area contributed by atoms with Gasteiger partial charge in [0.15, 0.2) is 0 Å². The number of nitrogens with zero attached hydrogens (tertiary/aromatic N) is 4. The first-order chi connectivity index (χ1) is 13.0. The zero-order valence-electron chi connectivity index (χ0n) is 13.7. The predicted molar refractivity (Wildman–Crippen MR) is 99.2 cm³/mol. The minimum absolute atomic E-state index is 0.00771. The molecule has 0 saturated heterocycles. The quantitative estimate of drug-likeness (QED) is 0.547. The van der Waals surface area contributed by atoms with Gasteiger partial charge in [-0.15, -0.1) is 21.5 Å². The van der Waals surface area contributed by atoms with Gasteiger partial charge in [-0.2, -0.15) is 8.78 Å². The Hall–Kier alpha value is -1.91. The summed E-state index contributed by atoms with van der Waals surface area (Å²) >= 11 is 7.30. The standard InChI is InChI=1S/C16H13ClF2N4O2S2/c17-9-2-1-3-10(6-9)23(27(24)11-4-5-11)8-13-20-7-12(26-13)15-21-22-16(25-15)14(18)19/h1-3,6-7,11,14H,4-5,8H2. The van der Waals surface area contributed by atoms with Gasteiger partial charge in [0.1, 0.15) is 20.9 Å². The number of halogens is 3. The van der Waals surface area contributed by atoms with Crippen molar-refractivity contribution in [1.82, 2.24) is 15.2 Å². The van der Waals surface area contributed by atoms with E-state index in [2.05, 4.69) is 15.2 Å². The number of hydrogen-bond donors (Lipinski definition) is 0. The minimum atomic E-state index is -2.82. The molecule has 0 N–H and O–H groups in total. The number of hydrogen-bond acceptors (Lipinski definition) is 6. The molecular weight excluding hydrogens is 418 g/mol. The second-order valence-electron chi connectivity index (χ2n) is 5.86. The zero-order chi connectivity index (χ0) is 19.0. The van der Waals surface area contributed by atoms with Crippen LogP contribution in [-0.4, -0.2) is 24.6 Å². The Balaban J connectivity index is 1.58. The van der Waals surface area contributed by atoms with Crippen LogP contribution in [0, 0.1) is 0 Å². The molecule has 1 atom stereocenters. The largest absolute Gasteiger partial charge is 0.414 e. The fourth-order valence-corrected chi connectivity index (χ4v) is 4.93. The Kier molecular flexibility index (Phi) is 5.20. The van der Waals surface area contributed by atoms with Crippen LogP contribution < -0.4 is 4.31 Å². The van der Waals surface area contributed by atoms with Crippen molar-refractivity contribution in [3.8, 4) is 10.8 Å². The van der Waals surface area contributed by atoms with Gasteiger partial charge in [-0.3, -0.25) is 4.31 Å². The molecule has 0 amide bonds. The Morgan fingerprint density at radius 2 is 2.19 bits per heavy atom. The highest BCUT2D eigenvalue weighted by molar-refractivity contribution is 7.87. The summed E-state index contributed by atoms with van der Waals surface area (Å²) in [5.41, 5.74) is 0.738. The smallest absolute Gasteiger partial charge is 0.314 e. The van der Waals surface area contributed by atoms with Crippen molar-refractivity contribution in [3.05, 3.63) is 46.4 Å². The zero-order valence-corrected chi connectivity index (χ0v) is 16.1. The third kappa shape index (κ3) is 4.17. The van der Waals surface area contributed by atoms with Gasteiger partial charge in [0.25, 0.3) is 11.8 Å². The third-order valence-electron chi connectivity index (χ3n) is 3.79. The van der Waals surface area contributed by atoms with Gasteiger partial charge in [0.2, 0.25) is 0 Å². The second kappa shape index (κ2) is 7.61. The Labute approximate surface area is 164 Å². The lowest BCUT2D eigenvalue weighted by molar-refractivity contribution is 0.116. The fourth-order valence-electron chi connectivity index (χ4n) is 2.37. The van der Waals surface area contributed by atoms with E-state index >= 15 is 0 Å². The van der Waals surface area contributed by atoms with Crippen LogP contribution in [-0.2, 0) is 17.5 Å². The molecule has 2 heterocycles. The lowest BCUT2D eigenvalue weighted by Gasteiger charge is -2.22. The maximum absolute atomic E-state index is 12.8. The van der Waals surface area contributed by atoms with Crippen LogP contribution in [0.3, 0.4) is 0 Å². The predicted octanol–water partition coefficient (Wildman–Crippen LogP) is 4.62. The van der Waals surface area contributed by atoms with E-state index in [1.54, 1.807) is 22.5 Å². The molecule has 1 aliphatic carbocycles. The molecule has 1 unspecified atom stereocenters. The molecule has 0 bridgehead atoms. The first-order valence-electron chi connectivity index (χ1n) is 8.01. The molecule has 3 aromatic rings. The van der Waals surface area contributed by atoms with Crippen molar-refractivity contribution < 1.29 is 17.4 Å². The summed E-state index contributed by atoms with van der Waals surface area (Å²) in [5, 5.41) is 8.28. The average Bonchev–Trinajstić information content (AvgIpc) is 3.18. The van der Waals surface area contributed by atoms with E-state index in [0.29, 0.717) is 21.5 Å². The highest BCUT2D eigenvalue weighted by Crippen LogP contribution is 2.34. The minimum Gasteiger partial charge on any atom is -0.414 e. The second-order valence-corrected chi connectivity index (χ2v) is 9.07. The van der Waals surface area contributed by atoms with Crippen molar-refractivity contribution in [3.63, 3.8) is 0 Å². The van der Waals surface area contributed by atoms with Crippen molar-refractivity contribution in [1.29, 1.82) is 0 Å². The van der Waals surface area contributed by atoms with Gasteiger partial charge >= 0.3 is 6.43 Å². The van der Waals surface area contributed by atoms with E-state index in [1.165, 1.54) is 17.5 Å². The Bertz CT molecular complexity index is 977. The van der Waals surface area contributed by atoms with Crippen LogP contribution >= 0.6 is 22.9 Å². The molecule has 27 heavy (non-hydrogen) atoms. The average molecular weight is 431 g/mol. The van der Waals surface area contributed by atoms with Crippen LogP contribution in [0.5, 0.6) is 0 Å². The van der Waals surface area contributed by atoms with E-state index in [4.69, 9.17) is 16.0 Å². The van der Waals surface area contributed by atoms with E-state index in [0.717, 1.165) is 18.5 Å². The molecule has 1 aromatic carbocycles. The first kappa shape index (κ1) is 18.5. The molecule has 1 saturated carbocycles. The number of benzene rings is 1. The number of thiazole rings is 1. The lowest BCUT2D eigenvalue weighted by Crippen LogP contribution is -2.27. The number of aromatic nitrogens is 3. The Morgan fingerprint density at radius 1 is 1.37 bits per heavy atom. The van der Waals surface area contributed by atoms with Crippen LogP contribution in [0.2, 0.25) is 5.02 Å². The summed E-state index contributed by atoms with van der Waals surface area (Å²) in [5.74, 6) is -0.734. The number of alkyl halides is 2. The van der Waals surface area contributed by atoms with Crippen LogP contribution in [0.1, 0.15) is 30.2 Å². The van der Waals surface area contributed by atoms with E-state index < -0.39 is 23.3 Å². The van der Waals surface area contributed by atoms with Gasteiger partial charge < -0.3 is 4.42 Å². The third-order valence-corrected chi connectivity index (χ3v) is 6.81. The first-order valence-corrected chi connectivity index (χ1v) is 10.4. The number of rotatable bonds is 7. The van der Waals surface area contributed by atoms with E-state index in [9.17, 15) is 13.0 Å². The number of anilines is 1. The topological polar surface area (TPSA) is 72.1 Å². The van der Waals surface area contributed by atoms with E-state index in [-0.39, 0.29) is 11.1 Å². The molecule has 11 heteroatoms. The molecule has 0 aliphatic heterocycles. The summed E-state index contributed by atoms with van der Waals surface area (Å²) in [6, 6.07) is 7.14. The molecule has 1 aliphatic rings. The lowest BCUT2D eigenvalue weighted by atomic mass is 10.3. The molecule has 1 fully saturated rings. The molecular formula is C16H13ClF2N4O2S2. The van der Waals surface area contributed by atoms with Crippen LogP contribution in [0.4, 0.5) is 14.5 Å². The summed E-state index contributed by atoms with van der Waals surface area (Å²) in [4.78, 5) is 4.77. The Morgan fingerprint density at radius 3 is 2.85 bits per heavy atom. The van der Waals surface area contributed by atoms with Gasteiger partial charge in [0.05, 0.1) is 23.7 Å². The summed E-state index contributed by atoms with van der Waals surface area (Å²) in [6.45, 7) is 0.296. The molecule has 4 rings (SSSR count). The molecule has 0 radical (unpaired) electrons. The maximum Gasteiger partial charge on any atom is 0.314 e. The molecule has 0 spiro atoms.